The summed E-state index contributed by atoms with van der Waals surface area (Å²) in [6, 6.07) is 11.9. The predicted octanol–water partition coefficient (Wildman–Crippen LogP) is 6.45. The minimum Gasteiger partial charge on any atom is -0.494 e. The Labute approximate surface area is 209 Å². The van der Waals surface area contributed by atoms with E-state index >= 15 is 0 Å². The second-order valence-corrected chi connectivity index (χ2v) is 9.79. The maximum atomic E-state index is 13.0. The summed E-state index contributed by atoms with van der Waals surface area (Å²) in [6.45, 7) is 10.0. The van der Waals surface area contributed by atoms with Gasteiger partial charge in [-0.2, -0.15) is 0 Å². The molecular weight excluding hydrogens is 442 g/mol. The van der Waals surface area contributed by atoms with Gasteiger partial charge in [-0.3, -0.25) is 9.59 Å². The lowest BCUT2D eigenvalue weighted by molar-refractivity contribution is -0.147. The zero-order chi connectivity index (χ0) is 25.4. The van der Waals surface area contributed by atoms with Gasteiger partial charge in [0.15, 0.2) is 0 Å². The lowest BCUT2D eigenvalue weighted by Gasteiger charge is -2.27. The van der Waals surface area contributed by atoms with Gasteiger partial charge in [0, 0.05) is 12.3 Å². The van der Waals surface area contributed by atoms with Crippen molar-refractivity contribution in [3.63, 3.8) is 0 Å². The third-order valence-electron chi connectivity index (χ3n) is 6.76. The van der Waals surface area contributed by atoms with Gasteiger partial charge in [-0.05, 0) is 79.5 Å². The van der Waals surface area contributed by atoms with Crippen LogP contribution in [0.3, 0.4) is 0 Å². The maximum absolute atomic E-state index is 13.0. The molecule has 2 aromatic carbocycles. The molecule has 2 aromatic rings. The Morgan fingerprint density at radius 3 is 2.51 bits per heavy atom. The number of amides is 1. The fraction of sp³-hybridized carbons (Fsp3) is 0.517. The van der Waals surface area contributed by atoms with Gasteiger partial charge in [0.25, 0.3) is 0 Å². The summed E-state index contributed by atoms with van der Waals surface area (Å²) in [6.07, 6.45) is 3.87. The number of hydrogen-bond donors (Lipinski definition) is 2. The monoisotopic (exact) mass is 481 g/mol. The second-order valence-electron chi connectivity index (χ2n) is 9.79. The van der Waals surface area contributed by atoms with Crippen molar-refractivity contribution < 1.29 is 24.2 Å². The number of carbonyl (C=O) groups excluding carboxylic acids is 1. The minimum atomic E-state index is -0.885. The van der Waals surface area contributed by atoms with Crippen LogP contribution < -0.4 is 10.1 Å². The number of benzene rings is 2. The number of hydrogen-bond acceptors (Lipinski definition) is 4. The van der Waals surface area contributed by atoms with E-state index in [0.717, 1.165) is 47.3 Å². The van der Waals surface area contributed by atoms with Crippen molar-refractivity contribution in [2.45, 2.75) is 66.4 Å². The van der Waals surface area contributed by atoms with Crippen LogP contribution in [0.25, 0.3) is 11.1 Å². The first-order valence-corrected chi connectivity index (χ1v) is 12.8. The summed E-state index contributed by atoms with van der Waals surface area (Å²) in [4.78, 5) is 24.7. The van der Waals surface area contributed by atoms with Gasteiger partial charge in [0.2, 0.25) is 5.91 Å². The normalized spacial score (nSPS) is 17.9. The van der Waals surface area contributed by atoms with Gasteiger partial charge in [-0.1, -0.05) is 44.9 Å². The van der Waals surface area contributed by atoms with E-state index in [0.29, 0.717) is 44.3 Å². The predicted molar refractivity (Wildman–Crippen MR) is 139 cm³/mol. The third kappa shape index (κ3) is 7.07. The molecule has 1 aliphatic carbocycles. The van der Waals surface area contributed by atoms with Gasteiger partial charge < -0.3 is 19.9 Å². The van der Waals surface area contributed by atoms with Crippen LogP contribution in [0.15, 0.2) is 36.4 Å². The Kier molecular flexibility index (Phi) is 9.73. The van der Waals surface area contributed by atoms with Gasteiger partial charge in [0.05, 0.1) is 25.0 Å². The lowest BCUT2D eigenvalue weighted by atomic mass is 9.78. The van der Waals surface area contributed by atoms with Crippen LogP contribution in [0.1, 0.15) is 64.0 Å². The SMILES string of the molecule is CCOc1cccc(-c2ccc(NC(=O)C3CCCCC3C(=O)O)cc2COCCC(C)C)c1C. The zero-order valence-corrected chi connectivity index (χ0v) is 21.4. The first kappa shape index (κ1) is 26.7. The zero-order valence-electron chi connectivity index (χ0n) is 21.4. The number of rotatable bonds is 11. The maximum Gasteiger partial charge on any atom is 0.307 e. The van der Waals surface area contributed by atoms with E-state index in [4.69, 9.17) is 9.47 Å². The molecule has 0 radical (unpaired) electrons. The highest BCUT2D eigenvalue weighted by molar-refractivity contribution is 5.95. The van der Waals surface area contributed by atoms with E-state index < -0.39 is 17.8 Å². The molecule has 1 fully saturated rings. The molecule has 190 valence electrons. The van der Waals surface area contributed by atoms with E-state index in [2.05, 4.69) is 32.2 Å². The molecule has 35 heavy (non-hydrogen) atoms. The number of aliphatic carboxylic acids is 1. The van der Waals surface area contributed by atoms with Crippen LogP contribution in [0, 0.1) is 24.7 Å². The fourth-order valence-electron chi connectivity index (χ4n) is 4.75. The van der Waals surface area contributed by atoms with Crippen LogP contribution in [0.4, 0.5) is 5.69 Å². The van der Waals surface area contributed by atoms with Crippen LogP contribution >= 0.6 is 0 Å². The topological polar surface area (TPSA) is 84.9 Å². The van der Waals surface area contributed by atoms with E-state index in [1.165, 1.54) is 0 Å². The molecule has 0 aromatic heterocycles. The fourth-order valence-corrected chi connectivity index (χ4v) is 4.75. The van der Waals surface area contributed by atoms with E-state index in [9.17, 15) is 14.7 Å². The van der Waals surface area contributed by atoms with E-state index in [1.54, 1.807) is 0 Å². The molecule has 2 unspecified atom stereocenters. The number of ether oxygens (including phenoxy) is 2. The summed E-state index contributed by atoms with van der Waals surface area (Å²) in [5.74, 6) is -0.813. The highest BCUT2D eigenvalue weighted by Crippen LogP contribution is 2.35. The van der Waals surface area contributed by atoms with Crippen molar-refractivity contribution in [2.24, 2.45) is 17.8 Å². The van der Waals surface area contributed by atoms with Crippen molar-refractivity contribution in [2.75, 3.05) is 18.5 Å². The quantitative estimate of drug-likeness (QED) is 0.360. The molecule has 2 atom stereocenters. The largest absolute Gasteiger partial charge is 0.494 e. The Morgan fingerprint density at radius 1 is 1.09 bits per heavy atom. The number of carboxylic acid groups (broad SMARTS) is 1. The van der Waals surface area contributed by atoms with Crippen LogP contribution in [-0.2, 0) is 20.9 Å². The van der Waals surface area contributed by atoms with Crippen molar-refractivity contribution in [1.82, 2.24) is 0 Å². The van der Waals surface area contributed by atoms with Crippen molar-refractivity contribution in [3.8, 4) is 16.9 Å². The molecule has 6 nitrogen and oxygen atoms in total. The van der Waals surface area contributed by atoms with Crippen LogP contribution in [-0.4, -0.2) is 30.2 Å². The smallest absolute Gasteiger partial charge is 0.307 e. The molecule has 1 aliphatic rings. The molecule has 0 spiro atoms. The number of nitrogens with one attached hydrogen (secondary N) is 1. The van der Waals surface area contributed by atoms with Gasteiger partial charge in [0.1, 0.15) is 5.75 Å². The summed E-state index contributed by atoms with van der Waals surface area (Å²) < 4.78 is 11.8. The molecule has 0 heterocycles. The van der Waals surface area contributed by atoms with Crippen LogP contribution in [0.2, 0.25) is 0 Å². The van der Waals surface area contributed by atoms with Crippen molar-refractivity contribution in [3.05, 3.63) is 47.5 Å². The van der Waals surface area contributed by atoms with Crippen LogP contribution in [0.5, 0.6) is 5.75 Å². The molecule has 0 aliphatic heterocycles. The minimum absolute atomic E-state index is 0.217. The number of carboxylic acids is 1. The van der Waals surface area contributed by atoms with E-state index in [-0.39, 0.29) is 5.91 Å². The molecule has 0 saturated heterocycles. The second kappa shape index (κ2) is 12.7. The molecule has 1 amide bonds. The standard InChI is InChI=1S/C29H39NO5/c1-5-35-27-12-8-11-23(20(27)4)24-14-13-22(17-21(24)18-34-16-15-19(2)3)30-28(31)25-9-6-7-10-26(25)29(32)33/h8,11-14,17,19,25-26H,5-7,9-10,15-16,18H2,1-4H3,(H,30,31)(H,32,33). The number of carbonyl (C=O) groups is 2. The van der Waals surface area contributed by atoms with Gasteiger partial charge >= 0.3 is 5.97 Å². The first-order chi connectivity index (χ1) is 16.8. The third-order valence-corrected chi connectivity index (χ3v) is 6.76. The molecule has 1 saturated carbocycles. The molecule has 3 rings (SSSR count). The summed E-state index contributed by atoms with van der Waals surface area (Å²) in [5.41, 5.74) is 4.79. The van der Waals surface area contributed by atoms with Crippen molar-refractivity contribution >= 4 is 17.6 Å². The Hall–Kier alpha value is -2.86. The van der Waals surface area contributed by atoms with Gasteiger partial charge in [-0.25, -0.2) is 0 Å². The highest BCUT2D eigenvalue weighted by atomic mass is 16.5. The summed E-state index contributed by atoms with van der Waals surface area (Å²) >= 11 is 0. The molecule has 6 heteroatoms. The Balaban J connectivity index is 1.88. The Morgan fingerprint density at radius 2 is 1.83 bits per heavy atom. The molecule has 2 N–H and O–H groups in total. The van der Waals surface area contributed by atoms with Gasteiger partial charge in [-0.15, -0.1) is 0 Å². The average molecular weight is 482 g/mol. The van der Waals surface area contributed by atoms with Crippen molar-refractivity contribution in [1.29, 1.82) is 0 Å². The molecular formula is C29H39NO5. The molecule has 0 bridgehead atoms. The summed E-state index contributed by atoms with van der Waals surface area (Å²) in [5, 5.41) is 12.6. The lowest BCUT2D eigenvalue weighted by Crippen LogP contribution is -2.36. The number of anilines is 1. The average Bonchev–Trinajstić information content (AvgIpc) is 2.83. The summed E-state index contributed by atoms with van der Waals surface area (Å²) in [7, 11) is 0. The Bertz CT molecular complexity index is 1020. The first-order valence-electron chi connectivity index (χ1n) is 12.8. The highest BCUT2D eigenvalue weighted by Gasteiger charge is 2.35. The van der Waals surface area contributed by atoms with E-state index in [1.807, 2.05) is 37.3 Å².